The van der Waals surface area contributed by atoms with Crippen LogP contribution in [-0.4, -0.2) is 43.0 Å². The number of methoxy groups -OCH3 is 1. The van der Waals surface area contributed by atoms with Crippen molar-refractivity contribution in [1.82, 2.24) is 10.2 Å². The molecule has 30 heavy (non-hydrogen) atoms. The van der Waals surface area contributed by atoms with Gasteiger partial charge in [0, 0.05) is 35.1 Å². The maximum atomic E-state index is 12.8. The summed E-state index contributed by atoms with van der Waals surface area (Å²) >= 11 is 1.69. The molecule has 3 aromatic rings. The van der Waals surface area contributed by atoms with Gasteiger partial charge in [-0.15, -0.1) is 11.3 Å². The largest absolute Gasteiger partial charge is 0.497 e. The monoisotopic (exact) mass is 420 g/mol. The Balaban J connectivity index is 1.30. The number of carbonyl (C=O) groups excluding carboxylic acids is 2. The maximum Gasteiger partial charge on any atom is 0.253 e. The minimum absolute atomic E-state index is 0.0488. The van der Waals surface area contributed by atoms with Crippen molar-refractivity contribution in [2.24, 2.45) is 0 Å². The van der Waals surface area contributed by atoms with Crippen molar-refractivity contribution in [2.45, 2.75) is 18.9 Å². The minimum Gasteiger partial charge on any atom is -0.497 e. The van der Waals surface area contributed by atoms with Crippen LogP contribution in [0.2, 0.25) is 0 Å². The molecule has 1 saturated heterocycles. The van der Waals surface area contributed by atoms with Crippen LogP contribution in [0.5, 0.6) is 5.75 Å². The van der Waals surface area contributed by atoms with Gasteiger partial charge in [0.25, 0.3) is 11.8 Å². The van der Waals surface area contributed by atoms with Crippen LogP contribution in [0.1, 0.15) is 33.6 Å². The van der Waals surface area contributed by atoms with E-state index >= 15 is 0 Å². The molecule has 0 bridgehead atoms. The summed E-state index contributed by atoms with van der Waals surface area (Å²) in [6.45, 7) is 1.28. The van der Waals surface area contributed by atoms with E-state index < -0.39 is 0 Å². The third-order valence-corrected chi connectivity index (χ3v) is 6.33. The number of hydrogen-bond donors (Lipinski definition) is 1. The molecule has 0 unspecified atom stereocenters. The fourth-order valence-electron chi connectivity index (χ4n) is 3.64. The number of likely N-dealkylation sites (tertiary alicyclic amines) is 1. The van der Waals surface area contributed by atoms with Crippen molar-refractivity contribution in [3.8, 4) is 16.2 Å². The molecule has 2 heterocycles. The van der Waals surface area contributed by atoms with Gasteiger partial charge in [-0.25, -0.2) is 0 Å². The summed E-state index contributed by atoms with van der Waals surface area (Å²) in [6, 6.07) is 19.0. The van der Waals surface area contributed by atoms with E-state index in [2.05, 4.69) is 11.4 Å². The van der Waals surface area contributed by atoms with Crippen molar-refractivity contribution in [3.05, 3.63) is 77.2 Å². The predicted molar refractivity (Wildman–Crippen MR) is 119 cm³/mol. The lowest BCUT2D eigenvalue weighted by atomic mass is 10.0. The summed E-state index contributed by atoms with van der Waals surface area (Å²) in [6.07, 6.45) is 1.50. The average Bonchev–Trinajstić information content (AvgIpc) is 3.34. The Hall–Kier alpha value is -3.12. The number of nitrogens with one attached hydrogen (secondary N) is 1. The second kappa shape index (κ2) is 9.13. The highest BCUT2D eigenvalue weighted by Gasteiger charge is 2.25. The molecule has 2 aromatic carbocycles. The number of ether oxygens (including phenoxy) is 1. The molecular formula is C24H24N2O3S. The lowest BCUT2D eigenvalue weighted by Gasteiger charge is -2.32. The van der Waals surface area contributed by atoms with Gasteiger partial charge in [-0.1, -0.05) is 18.2 Å². The number of rotatable bonds is 5. The van der Waals surface area contributed by atoms with Crippen LogP contribution in [0.4, 0.5) is 0 Å². The molecule has 0 aliphatic carbocycles. The quantitative estimate of drug-likeness (QED) is 0.663. The van der Waals surface area contributed by atoms with Crippen LogP contribution in [0.25, 0.3) is 10.4 Å². The van der Waals surface area contributed by atoms with Gasteiger partial charge in [0.2, 0.25) is 0 Å². The number of nitrogens with zero attached hydrogens (tertiary/aromatic N) is 1. The van der Waals surface area contributed by atoms with E-state index in [0.717, 1.165) is 24.2 Å². The van der Waals surface area contributed by atoms with Crippen LogP contribution >= 0.6 is 11.3 Å². The molecule has 1 N–H and O–H groups in total. The van der Waals surface area contributed by atoms with Gasteiger partial charge >= 0.3 is 0 Å². The van der Waals surface area contributed by atoms with Crippen molar-refractivity contribution in [3.63, 3.8) is 0 Å². The number of benzene rings is 2. The molecule has 6 heteroatoms. The third kappa shape index (κ3) is 4.54. The third-order valence-electron chi connectivity index (χ3n) is 5.41. The Bertz CT molecular complexity index is 990. The van der Waals surface area contributed by atoms with E-state index in [-0.39, 0.29) is 17.9 Å². The highest BCUT2D eigenvalue weighted by Crippen LogP contribution is 2.25. The lowest BCUT2D eigenvalue weighted by Crippen LogP contribution is -2.46. The lowest BCUT2D eigenvalue weighted by molar-refractivity contribution is 0.0698. The SMILES string of the molecule is COc1ccc(C(=O)NC2CCN(C(=O)c3ccc(-c4cccs4)cc3)CC2)cc1. The highest BCUT2D eigenvalue weighted by molar-refractivity contribution is 7.13. The predicted octanol–water partition coefficient (Wildman–Crippen LogP) is 4.46. The summed E-state index contributed by atoms with van der Waals surface area (Å²) in [5, 5.41) is 5.13. The summed E-state index contributed by atoms with van der Waals surface area (Å²) in [4.78, 5) is 28.4. The molecule has 1 aliphatic rings. The summed E-state index contributed by atoms with van der Waals surface area (Å²) in [5.74, 6) is 0.682. The molecule has 1 aromatic heterocycles. The first-order chi connectivity index (χ1) is 14.6. The second-order valence-corrected chi connectivity index (χ2v) is 8.27. The minimum atomic E-state index is -0.0911. The number of piperidine rings is 1. The molecule has 1 aliphatic heterocycles. The number of amides is 2. The Morgan fingerprint density at radius 2 is 1.63 bits per heavy atom. The summed E-state index contributed by atoms with van der Waals surface area (Å²) < 4.78 is 5.13. The maximum absolute atomic E-state index is 12.8. The van der Waals surface area contributed by atoms with Gasteiger partial charge in [-0.2, -0.15) is 0 Å². The van der Waals surface area contributed by atoms with Crippen LogP contribution in [0.3, 0.4) is 0 Å². The topological polar surface area (TPSA) is 58.6 Å². The van der Waals surface area contributed by atoms with Gasteiger partial charge in [0.1, 0.15) is 5.75 Å². The first-order valence-corrected chi connectivity index (χ1v) is 10.9. The number of thiophene rings is 1. The standard InChI is InChI=1S/C24H24N2O3S/c1-29-21-10-8-18(9-11-21)23(27)25-20-12-14-26(15-13-20)24(28)19-6-4-17(5-7-19)22-3-2-16-30-22/h2-11,16,20H,12-15H2,1H3,(H,25,27). The van der Waals surface area contributed by atoms with Gasteiger partial charge in [0.15, 0.2) is 0 Å². The van der Waals surface area contributed by atoms with E-state index in [9.17, 15) is 9.59 Å². The zero-order valence-electron chi connectivity index (χ0n) is 16.8. The van der Waals surface area contributed by atoms with E-state index in [0.29, 0.717) is 24.2 Å². The molecule has 0 radical (unpaired) electrons. The molecule has 154 valence electrons. The zero-order valence-corrected chi connectivity index (χ0v) is 17.7. The smallest absolute Gasteiger partial charge is 0.253 e. The van der Waals surface area contributed by atoms with Crippen LogP contribution in [-0.2, 0) is 0 Å². The first kappa shape index (κ1) is 20.2. The molecule has 0 spiro atoms. The number of hydrogen-bond acceptors (Lipinski definition) is 4. The van der Waals surface area contributed by atoms with Crippen molar-refractivity contribution in [1.29, 1.82) is 0 Å². The Morgan fingerprint density at radius 3 is 2.23 bits per heavy atom. The van der Waals surface area contributed by atoms with Crippen LogP contribution in [0.15, 0.2) is 66.0 Å². The van der Waals surface area contributed by atoms with Crippen LogP contribution < -0.4 is 10.1 Å². The van der Waals surface area contributed by atoms with E-state index in [1.165, 1.54) is 4.88 Å². The van der Waals surface area contributed by atoms with E-state index in [4.69, 9.17) is 4.74 Å². The molecular weight excluding hydrogens is 396 g/mol. The summed E-state index contributed by atoms with van der Waals surface area (Å²) in [7, 11) is 1.60. The van der Waals surface area contributed by atoms with Crippen molar-refractivity contribution in [2.75, 3.05) is 20.2 Å². The molecule has 0 saturated carbocycles. The Morgan fingerprint density at radius 1 is 0.967 bits per heavy atom. The van der Waals surface area contributed by atoms with Crippen molar-refractivity contribution >= 4 is 23.2 Å². The fraction of sp³-hybridized carbons (Fsp3) is 0.250. The second-order valence-electron chi connectivity index (χ2n) is 7.32. The highest BCUT2D eigenvalue weighted by atomic mass is 32.1. The Labute approximate surface area is 180 Å². The van der Waals surface area contributed by atoms with Gasteiger partial charge < -0.3 is 15.0 Å². The molecule has 4 rings (SSSR count). The normalized spacial score (nSPS) is 14.4. The molecule has 1 fully saturated rings. The van der Waals surface area contributed by atoms with Gasteiger partial charge in [-0.05, 0) is 66.2 Å². The fourth-order valence-corrected chi connectivity index (χ4v) is 4.37. The molecule has 0 atom stereocenters. The molecule has 2 amide bonds. The number of carbonyl (C=O) groups is 2. The average molecular weight is 421 g/mol. The van der Waals surface area contributed by atoms with E-state index in [1.807, 2.05) is 40.6 Å². The molecule has 5 nitrogen and oxygen atoms in total. The van der Waals surface area contributed by atoms with Gasteiger partial charge in [0.05, 0.1) is 7.11 Å². The van der Waals surface area contributed by atoms with Crippen molar-refractivity contribution < 1.29 is 14.3 Å². The van der Waals surface area contributed by atoms with E-state index in [1.54, 1.807) is 42.7 Å². The summed E-state index contributed by atoms with van der Waals surface area (Å²) in [5.41, 5.74) is 2.44. The van der Waals surface area contributed by atoms with Crippen LogP contribution in [0, 0.1) is 0 Å². The first-order valence-electron chi connectivity index (χ1n) is 10.0. The van der Waals surface area contributed by atoms with Gasteiger partial charge in [-0.3, -0.25) is 9.59 Å². The zero-order chi connectivity index (χ0) is 20.9. The Kier molecular flexibility index (Phi) is 6.14.